The summed E-state index contributed by atoms with van der Waals surface area (Å²) in [4.78, 5) is 13.8. The van der Waals surface area contributed by atoms with Crippen molar-refractivity contribution in [3.8, 4) is 0 Å². The average Bonchev–Trinajstić information content (AvgIpc) is 2.59. The molecule has 1 aliphatic heterocycles. The van der Waals surface area contributed by atoms with E-state index in [1.807, 2.05) is 25.7 Å². The third kappa shape index (κ3) is 2.69. The van der Waals surface area contributed by atoms with Gasteiger partial charge in [-0.25, -0.2) is 0 Å². The molecular formula is C11H22N2O2. The Balaban J connectivity index is 2.55. The van der Waals surface area contributed by atoms with Crippen molar-refractivity contribution >= 4 is 5.91 Å². The van der Waals surface area contributed by atoms with Gasteiger partial charge in [0.15, 0.2) is 0 Å². The molecule has 0 aromatic heterocycles. The number of aliphatic hydroxyl groups is 1. The molecule has 1 aliphatic rings. The monoisotopic (exact) mass is 214 g/mol. The van der Waals surface area contributed by atoms with Crippen LogP contribution in [0, 0.1) is 5.92 Å². The molecule has 4 nitrogen and oxygen atoms in total. The lowest BCUT2D eigenvalue weighted by molar-refractivity contribution is -0.132. The fourth-order valence-corrected chi connectivity index (χ4v) is 2.00. The van der Waals surface area contributed by atoms with Crippen molar-refractivity contribution in [2.75, 3.05) is 19.7 Å². The second-order valence-electron chi connectivity index (χ2n) is 4.33. The van der Waals surface area contributed by atoms with E-state index in [4.69, 9.17) is 5.11 Å². The van der Waals surface area contributed by atoms with Crippen LogP contribution in [0.15, 0.2) is 0 Å². The fourth-order valence-electron chi connectivity index (χ4n) is 2.00. The highest BCUT2D eigenvalue weighted by Gasteiger charge is 2.35. The van der Waals surface area contributed by atoms with E-state index in [9.17, 15) is 4.79 Å². The molecule has 0 radical (unpaired) electrons. The van der Waals surface area contributed by atoms with Gasteiger partial charge in [-0.05, 0) is 25.8 Å². The molecule has 0 aromatic rings. The van der Waals surface area contributed by atoms with Crippen molar-refractivity contribution in [2.24, 2.45) is 5.92 Å². The number of aliphatic hydroxyl groups excluding tert-OH is 1. The summed E-state index contributed by atoms with van der Waals surface area (Å²) < 4.78 is 0. The van der Waals surface area contributed by atoms with Gasteiger partial charge < -0.3 is 15.3 Å². The van der Waals surface area contributed by atoms with Gasteiger partial charge in [0.1, 0.15) is 0 Å². The van der Waals surface area contributed by atoms with E-state index in [-0.39, 0.29) is 30.5 Å². The van der Waals surface area contributed by atoms with Crippen molar-refractivity contribution in [1.82, 2.24) is 10.2 Å². The van der Waals surface area contributed by atoms with Crippen LogP contribution in [0.2, 0.25) is 0 Å². The summed E-state index contributed by atoms with van der Waals surface area (Å²) in [5.74, 6) is 0.332. The predicted molar refractivity (Wildman–Crippen MR) is 59.5 cm³/mol. The van der Waals surface area contributed by atoms with Crippen LogP contribution in [0.25, 0.3) is 0 Å². The van der Waals surface area contributed by atoms with Gasteiger partial charge >= 0.3 is 0 Å². The molecule has 0 bridgehead atoms. The maximum atomic E-state index is 11.9. The van der Waals surface area contributed by atoms with Gasteiger partial charge in [-0.3, -0.25) is 4.79 Å². The maximum Gasteiger partial charge on any atom is 0.240 e. The maximum absolute atomic E-state index is 11.9. The number of carbonyl (C=O) groups excluding carboxylic acids is 1. The summed E-state index contributed by atoms with van der Waals surface area (Å²) >= 11 is 0. The Labute approximate surface area is 91.6 Å². The smallest absolute Gasteiger partial charge is 0.240 e. The fraction of sp³-hybridized carbons (Fsp3) is 0.909. The van der Waals surface area contributed by atoms with Crippen LogP contribution in [-0.4, -0.2) is 47.7 Å². The standard InChI is InChI=1S/C11H22N2O2/c1-4-12-10-5-6-13(11(10)15)9(3)8(2)7-14/h8-10,12,14H,4-7H2,1-3H3. The van der Waals surface area contributed by atoms with Crippen LogP contribution in [0.3, 0.4) is 0 Å². The van der Waals surface area contributed by atoms with E-state index in [1.54, 1.807) is 0 Å². The number of likely N-dealkylation sites (tertiary alicyclic amines) is 1. The zero-order chi connectivity index (χ0) is 11.4. The molecule has 1 rings (SSSR count). The van der Waals surface area contributed by atoms with Crippen molar-refractivity contribution in [1.29, 1.82) is 0 Å². The highest BCUT2D eigenvalue weighted by Crippen LogP contribution is 2.19. The summed E-state index contributed by atoms with van der Waals surface area (Å²) in [6.45, 7) is 7.76. The van der Waals surface area contributed by atoms with Crippen LogP contribution >= 0.6 is 0 Å². The lowest BCUT2D eigenvalue weighted by Crippen LogP contribution is -2.44. The summed E-state index contributed by atoms with van der Waals surface area (Å²) in [7, 11) is 0. The number of nitrogens with zero attached hydrogens (tertiary/aromatic N) is 1. The van der Waals surface area contributed by atoms with Crippen LogP contribution in [-0.2, 0) is 4.79 Å². The quantitative estimate of drug-likeness (QED) is 0.688. The Kier molecular flexibility index (Phi) is 4.54. The minimum absolute atomic E-state index is 0.0108. The van der Waals surface area contributed by atoms with E-state index in [2.05, 4.69) is 5.32 Å². The number of likely N-dealkylation sites (N-methyl/N-ethyl adjacent to an activating group) is 1. The van der Waals surface area contributed by atoms with E-state index in [1.165, 1.54) is 0 Å². The van der Waals surface area contributed by atoms with Gasteiger partial charge in [0.2, 0.25) is 5.91 Å². The number of amides is 1. The summed E-state index contributed by atoms with van der Waals surface area (Å²) in [5, 5.41) is 12.2. The first-order valence-corrected chi connectivity index (χ1v) is 5.76. The minimum atomic E-state index is -0.0108. The highest BCUT2D eigenvalue weighted by atomic mass is 16.3. The lowest BCUT2D eigenvalue weighted by atomic mass is 10.0. The third-order valence-corrected chi connectivity index (χ3v) is 3.29. The molecule has 1 amide bonds. The van der Waals surface area contributed by atoms with Crippen LogP contribution in [0.1, 0.15) is 27.2 Å². The second kappa shape index (κ2) is 5.47. The van der Waals surface area contributed by atoms with E-state index in [0.29, 0.717) is 0 Å². The Morgan fingerprint density at radius 3 is 2.80 bits per heavy atom. The van der Waals surface area contributed by atoms with E-state index >= 15 is 0 Å². The summed E-state index contributed by atoms with van der Waals surface area (Å²) in [6.07, 6.45) is 0.884. The SMILES string of the molecule is CCNC1CCN(C(C)C(C)CO)C1=O. The van der Waals surface area contributed by atoms with Gasteiger partial charge in [-0.1, -0.05) is 13.8 Å². The third-order valence-electron chi connectivity index (χ3n) is 3.29. The van der Waals surface area contributed by atoms with E-state index in [0.717, 1.165) is 19.5 Å². The molecule has 3 unspecified atom stereocenters. The molecule has 4 heteroatoms. The Morgan fingerprint density at radius 2 is 2.27 bits per heavy atom. The number of hydrogen-bond donors (Lipinski definition) is 2. The van der Waals surface area contributed by atoms with Gasteiger partial charge in [0.05, 0.1) is 6.04 Å². The lowest BCUT2D eigenvalue weighted by Gasteiger charge is -2.28. The molecule has 0 saturated carbocycles. The molecule has 0 aliphatic carbocycles. The number of rotatable bonds is 5. The summed E-state index contributed by atoms with van der Waals surface area (Å²) in [6, 6.07) is 0.120. The predicted octanol–water partition coefficient (Wildman–Crippen LogP) is 0.214. The largest absolute Gasteiger partial charge is 0.396 e. The molecule has 3 atom stereocenters. The first kappa shape index (κ1) is 12.5. The van der Waals surface area contributed by atoms with E-state index < -0.39 is 0 Å². The van der Waals surface area contributed by atoms with Gasteiger partial charge in [0.25, 0.3) is 0 Å². The zero-order valence-corrected chi connectivity index (χ0v) is 9.86. The molecular weight excluding hydrogens is 192 g/mol. The number of nitrogens with one attached hydrogen (secondary N) is 1. The van der Waals surface area contributed by atoms with Gasteiger partial charge in [-0.15, -0.1) is 0 Å². The topological polar surface area (TPSA) is 52.6 Å². The van der Waals surface area contributed by atoms with Crippen molar-refractivity contribution in [2.45, 2.75) is 39.3 Å². The van der Waals surface area contributed by atoms with Crippen LogP contribution < -0.4 is 5.32 Å². The molecule has 1 saturated heterocycles. The molecule has 0 aromatic carbocycles. The Hall–Kier alpha value is -0.610. The molecule has 1 fully saturated rings. The molecule has 88 valence electrons. The van der Waals surface area contributed by atoms with Gasteiger partial charge in [0, 0.05) is 19.2 Å². The zero-order valence-electron chi connectivity index (χ0n) is 9.86. The van der Waals surface area contributed by atoms with Gasteiger partial charge in [-0.2, -0.15) is 0 Å². The van der Waals surface area contributed by atoms with Crippen molar-refractivity contribution in [3.05, 3.63) is 0 Å². The first-order valence-electron chi connectivity index (χ1n) is 5.76. The Bertz CT molecular complexity index is 221. The van der Waals surface area contributed by atoms with Crippen LogP contribution in [0.5, 0.6) is 0 Å². The first-order chi connectivity index (χ1) is 7.11. The van der Waals surface area contributed by atoms with Crippen LogP contribution in [0.4, 0.5) is 0 Å². The normalized spacial score (nSPS) is 25.7. The van der Waals surface area contributed by atoms with Crippen molar-refractivity contribution < 1.29 is 9.90 Å². The molecule has 2 N–H and O–H groups in total. The average molecular weight is 214 g/mol. The summed E-state index contributed by atoms with van der Waals surface area (Å²) in [5.41, 5.74) is 0. The molecule has 15 heavy (non-hydrogen) atoms. The highest BCUT2D eigenvalue weighted by molar-refractivity contribution is 5.84. The molecule has 1 heterocycles. The van der Waals surface area contributed by atoms with Crippen molar-refractivity contribution in [3.63, 3.8) is 0 Å². The number of hydrogen-bond acceptors (Lipinski definition) is 3. The number of carbonyl (C=O) groups is 1. The minimum Gasteiger partial charge on any atom is -0.396 e. The Morgan fingerprint density at radius 1 is 1.60 bits per heavy atom. The second-order valence-corrected chi connectivity index (χ2v) is 4.33. The molecule has 0 spiro atoms.